The molecule has 3 heterocycles. The summed E-state index contributed by atoms with van der Waals surface area (Å²) in [5.41, 5.74) is 0.777. The summed E-state index contributed by atoms with van der Waals surface area (Å²) in [6.07, 6.45) is 4.45. The van der Waals surface area contributed by atoms with E-state index in [9.17, 15) is 9.59 Å². The molecule has 38 heavy (non-hydrogen) atoms. The summed E-state index contributed by atoms with van der Waals surface area (Å²) >= 11 is 0. The van der Waals surface area contributed by atoms with E-state index in [-0.39, 0.29) is 17.7 Å². The van der Waals surface area contributed by atoms with Crippen molar-refractivity contribution < 1.29 is 19.0 Å². The summed E-state index contributed by atoms with van der Waals surface area (Å²) in [6.45, 7) is 6.48. The lowest BCUT2D eigenvalue weighted by Crippen LogP contribution is -2.40. The number of ether oxygens (including phenoxy) is 3. The molecule has 1 fully saturated rings. The van der Waals surface area contributed by atoms with Crippen molar-refractivity contribution in [3.8, 4) is 11.5 Å². The van der Waals surface area contributed by atoms with Gasteiger partial charge in [0.15, 0.2) is 11.6 Å². The average Bonchev–Trinajstić information content (AvgIpc) is 2.93. The van der Waals surface area contributed by atoms with E-state index in [1.54, 1.807) is 28.8 Å². The van der Waals surface area contributed by atoms with Gasteiger partial charge >= 0.3 is 6.09 Å². The predicted octanol–water partition coefficient (Wildman–Crippen LogP) is 3.92. The van der Waals surface area contributed by atoms with Gasteiger partial charge in [0.2, 0.25) is 0 Å². The van der Waals surface area contributed by atoms with E-state index in [1.165, 1.54) is 0 Å². The van der Waals surface area contributed by atoms with Crippen LogP contribution in [0.25, 0.3) is 10.9 Å². The molecular weight excluding hydrogens is 486 g/mol. The van der Waals surface area contributed by atoms with Gasteiger partial charge in [-0.15, -0.1) is 0 Å². The predicted molar refractivity (Wildman–Crippen MR) is 146 cm³/mol. The molecule has 1 saturated carbocycles. The zero-order valence-electron chi connectivity index (χ0n) is 21.3. The number of hydrogen-bond donors (Lipinski definition) is 3. The molecule has 1 aromatic carbocycles. The van der Waals surface area contributed by atoms with Crippen molar-refractivity contribution in [2.45, 2.75) is 44.4 Å². The highest BCUT2D eigenvalue weighted by molar-refractivity contribution is 5.84. The van der Waals surface area contributed by atoms with Crippen LogP contribution in [0.15, 0.2) is 59.9 Å². The van der Waals surface area contributed by atoms with Crippen molar-refractivity contribution in [2.75, 3.05) is 36.9 Å². The molecule has 0 bridgehead atoms. The Bertz CT molecular complexity index is 1360. The zero-order valence-corrected chi connectivity index (χ0v) is 21.3. The minimum atomic E-state index is -0.517. The Morgan fingerprint density at radius 3 is 3.03 bits per heavy atom. The van der Waals surface area contributed by atoms with E-state index in [0.29, 0.717) is 62.4 Å². The summed E-state index contributed by atoms with van der Waals surface area (Å²) in [4.78, 5) is 29.5. The zero-order chi connectivity index (χ0) is 26.3. The number of fused-ring (bicyclic) bond motifs is 2. The molecule has 3 N–H and O–H groups in total. The van der Waals surface area contributed by atoms with Crippen LogP contribution >= 0.6 is 0 Å². The van der Waals surface area contributed by atoms with E-state index >= 15 is 0 Å². The average molecular weight is 520 g/mol. The number of benzene rings is 1. The third kappa shape index (κ3) is 6.25. The van der Waals surface area contributed by atoms with Gasteiger partial charge in [-0.05, 0) is 61.4 Å². The molecule has 2 unspecified atom stereocenters. The molecule has 5 rings (SSSR count). The highest BCUT2D eigenvalue weighted by atomic mass is 16.6. The van der Waals surface area contributed by atoms with Crippen molar-refractivity contribution in [1.82, 2.24) is 14.9 Å². The second-order valence-corrected chi connectivity index (χ2v) is 9.43. The third-order valence-electron chi connectivity index (χ3n) is 6.74. The van der Waals surface area contributed by atoms with E-state index < -0.39 is 6.09 Å². The van der Waals surface area contributed by atoms with Crippen molar-refractivity contribution in [1.29, 1.82) is 0 Å². The maximum Gasteiger partial charge on any atom is 0.413 e. The molecule has 10 nitrogen and oxygen atoms in total. The highest BCUT2D eigenvalue weighted by Crippen LogP contribution is 2.27. The molecule has 0 radical (unpaired) electrons. The van der Waals surface area contributed by atoms with Gasteiger partial charge in [-0.3, -0.25) is 10.1 Å². The molecule has 2 aromatic heterocycles. The van der Waals surface area contributed by atoms with Gasteiger partial charge in [0.25, 0.3) is 5.56 Å². The number of nitrogens with one attached hydrogen (secondary N) is 3. The van der Waals surface area contributed by atoms with Gasteiger partial charge in [0.05, 0.1) is 12.1 Å². The number of anilines is 2. The van der Waals surface area contributed by atoms with Crippen LogP contribution in [0.1, 0.15) is 25.7 Å². The molecule has 2 atom stereocenters. The summed E-state index contributed by atoms with van der Waals surface area (Å²) < 4.78 is 18.6. The van der Waals surface area contributed by atoms with Crippen LogP contribution < -0.4 is 31.0 Å². The first-order valence-electron chi connectivity index (χ1n) is 13.0. The van der Waals surface area contributed by atoms with Gasteiger partial charge in [-0.25, -0.2) is 9.78 Å². The molecule has 3 aromatic rings. The van der Waals surface area contributed by atoms with Crippen LogP contribution in [-0.2, 0) is 11.3 Å². The minimum Gasteiger partial charge on any atom is -0.489 e. The quantitative estimate of drug-likeness (QED) is 0.365. The Morgan fingerprint density at radius 2 is 2.13 bits per heavy atom. The lowest BCUT2D eigenvalue weighted by atomic mass is 9.93. The van der Waals surface area contributed by atoms with Crippen molar-refractivity contribution >= 4 is 28.6 Å². The number of carbonyl (C=O) groups is 1. The monoisotopic (exact) mass is 519 g/mol. The Balaban J connectivity index is 1.14. The van der Waals surface area contributed by atoms with Crippen LogP contribution in [0.3, 0.4) is 0 Å². The van der Waals surface area contributed by atoms with Crippen molar-refractivity contribution in [2.24, 2.45) is 0 Å². The Kier molecular flexibility index (Phi) is 8.08. The van der Waals surface area contributed by atoms with Gasteiger partial charge in [0, 0.05) is 31.3 Å². The lowest BCUT2D eigenvalue weighted by molar-refractivity contribution is 0.0761. The summed E-state index contributed by atoms with van der Waals surface area (Å²) in [5.74, 6) is 2.40. The lowest BCUT2D eigenvalue weighted by Gasteiger charge is -2.29. The first-order chi connectivity index (χ1) is 18.6. The number of nitrogens with zero attached hydrogens (tertiary/aromatic N) is 2. The van der Waals surface area contributed by atoms with E-state index in [2.05, 4.69) is 27.5 Å². The Morgan fingerprint density at radius 1 is 1.24 bits per heavy atom. The number of aromatic nitrogens is 2. The smallest absolute Gasteiger partial charge is 0.413 e. The largest absolute Gasteiger partial charge is 0.489 e. The van der Waals surface area contributed by atoms with E-state index in [1.807, 2.05) is 24.3 Å². The second-order valence-electron chi connectivity index (χ2n) is 9.43. The Hall–Kier alpha value is -4.05. The molecule has 10 heteroatoms. The van der Waals surface area contributed by atoms with Gasteiger partial charge in [-0.2, -0.15) is 0 Å². The topological polar surface area (TPSA) is 116 Å². The number of rotatable bonds is 9. The van der Waals surface area contributed by atoms with Gasteiger partial charge in [-0.1, -0.05) is 12.7 Å². The van der Waals surface area contributed by atoms with Crippen LogP contribution in [0.2, 0.25) is 0 Å². The van der Waals surface area contributed by atoms with Crippen LogP contribution in [0, 0.1) is 0 Å². The minimum absolute atomic E-state index is 0.0563. The molecule has 1 amide bonds. The van der Waals surface area contributed by atoms with Crippen LogP contribution in [0.4, 0.5) is 16.4 Å². The molecule has 200 valence electrons. The van der Waals surface area contributed by atoms with E-state index in [4.69, 9.17) is 14.2 Å². The van der Waals surface area contributed by atoms with Crippen LogP contribution in [-0.4, -0.2) is 54.1 Å². The van der Waals surface area contributed by atoms with E-state index in [0.717, 1.165) is 30.2 Å². The maximum absolute atomic E-state index is 12.6. The fourth-order valence-electron chi connectivity index (χ4n) is 4.94. The first kappa shape index (κ1) is 25.6. The molecular formula is C28H33N5O5. The second kappa shape index (κ2) is 12.0. The molecule has 2 aliphatic rings. The third-order valence-corrected chi connectivity index (χ3v) is 6.74. The standard InChI is InChI=1S/C28H33N5O5/c1-2-15-36-21-8-6-19-7-11-26(34)33(23(19)18-21)14-12-29-20-4-3-5-22(17-20)38-28(35)32-25-10-9-24-27(31-25)30-13-16-37-24/h2,6-11,18,20,22,29H,1,3-5,12-17H2,(H2,30,31,32,35). The Labute approximate surface area is 221 Å². The number of amides is 1. The molecule has 0 spiro atoms. The number of carbonyl (C=O) groups excluding carboxylic acids is 1. The number of hydrogen-bond acceptors (Lipinski definition) is 8. The van der Waals surface area contributed by atoms with Gasteiger partial charge in [0.1, 0.15) is 30.9 Å². The summed E-state index contributed by atoms with van der Waals surface area (Å²) in [5, 5.41) is 10.4. The molecule has 0 saturated heterocycles. The molecule has 1 aliphatic carbocycles. The van der Waals surface area contributed by atoms with Crippen molar-refractivity contribution in [3.63, 3.8) is 0 Å². The fourth-order valence-corrected chi connectivity index (χ4v) is 4.94. The van der Waals surface area contributed by atoms with Gasteiger partial charge < -0.3 is 29.4 Å². The van der Waals surface area contributed by atoms with Crippen molar-refractivity contribution in [3.05, 3.63) is 65.5 Å². The normalized spacial score (nSPS) is 18.5. The SMILES string of the molecule is C=CCOc1ccc2ccc(=O)n(CCNC3CCCC(OC(=O)Nc4ccc5c(n4)NCCO5)C3)c2c1. The molecule has 1 aliphatic heterocycles. The number of pyridine rings is 2. The highest BCUT2D eigenvalue weighted by Gasteiger charge is 2.25. The summed E-state index contributed by atoms with van der Waals surface area (Å²) in [7, 11) is 0. The fraction of sp³-hybridized carbons (Fsp3) is 0.393. The van der Waals surface area contributed by atoms with Crippen LogP contribution in [0.5, 0.6) is 11.5 Å². The summed E-state index contributed by atoms with van der Waals surface area (Å²) in [6, 6.07) is 12.8. The maximum atomic E-state index is 12.6. The first-order valence-corrected chi connectivity index (χ1v) is 13.0.